The van der Waals surface area contributed by atoms with E-state index in [9.17, 15) is 14.4 Å². The first-order valence-electron chi connectivity index (χ1n) is 8.46. The fraction of sp³-hybridized carbons (Fsp3) is 0.389. The number of unbranched alkanes of at least 4 members (excludes halogenated alkanes) is 1. The summed E-state index contributed by atoms with van der Waals surface area (Å²) in [5.41, 5.74) is 5.83. The Balaban J connectivity index is 2.54. The molecule has 7 nitrogen and oxygen atoms in total. The van der Waals surface area contributed by atoms with Gasteiger partial charge in [-0.05, 0) is 12.0 Å². The number of nitrogens with two attached hydrogens (primary N) is 1. The van der Waals surface area contributed by atoms with Gasteiger partial charge in [0.05, 0.1) is 6.54 Å². The maximum atomic E-state index is 12.5. The zero-order valence-electron chi connectivity index (χ0n) is 14.6. The van der Waals surface area contributed by atoms with Crippen LogP contribution in [0.1, 0.15) is 38.7 Å². The van der Waals surface area contributed by atoms with Crippen molar-refractivity contribution < 1.29 is 4.79 Å². The molecule has 0 atom stereocenters. The van der Waals surface area contributed by atoms with Gasteiger partial charge >= 0.3 is 5.69 Å². The zero-order valence-corrected chi connectivity index (χ0v) is 14.6. The third kappa shape index (κ3) is 4.17. The van der Waals surface area contributed by atoms with Crippen molar-refractivity contribution >= 4 is 17.4 Å². The monoisotopic (exact) mass is 344 g/mol. The summed E-state index contributed by atoms with van der Waals surface area (Å²) in [5.74, 6) is -0.207. The molecule has 0 aliphatic rings. The van der Waals surface area contributed by atoms with Crippen LogP contribution in [-0.4, -0.2) is 15.5 Å². The number of amides is 1. The molecule has 1 heterocycles. The van der Waals surface area contributed by atoms with E-state index in [4.69, 9.17) is 5.73 Å². The number of carbonyl (C=O) groups is 1. The second-order valence-corrected chi connectivity index (χ2v) is 5.82. The lowest BCUT2D eigenvalue weighted by Gasteiger charge is -2.24. The minimum absolute atomic E-state index is 0.0277. The highest BCUT2D eigenvalue weighted by molar-refractivity contribution is 5.95. The Hall–Kier alpha value is -2.83. The van der Waals surface area contributed by atoms with Gasteiger partial charge in [-0.3, -0.25) is 19.1 Å². The van der Waals surface area contributed by atoms with E-state index in [0.717, 1.165) is 18.4 Å². The van der Waals surface area contributed by atoms with Gasteiger partial charge in [0.15, 0.2) is 5.69 Å². The van der Waals surface area contributed by atoms with Gasteiger partial charge in [0.2, 0.25) is 5.91 Å². The fourth-order valence-corrected chi connectivity index (χ4v) is 2.63. The molecule has 3 N–H and O–H groups in total. The van der Waals surface area contributed by atoms with Crippen LogP contribution in [0.5, 0.6) is 0 Å². The molecule has 25 heavy (non-hydrogen) atoms. The molecule has 7 heteroatoms. The lowest BCUT2D eigenvalue weighted by Crippen LogP contribution is -2.40. The topological polar surface area (TPSA) is 101 Å². The van der Waals surface area contributed by atoms with Gasteiger partial charge in [-0.25, -0.2) is 4.79 Å². The van der Waals surface area contributed by atoms with Crippen molar-refractivity contribution in [1.82, 2.24) is 9.55 Å². The van der Waals surface area contributed by atoms with Gasteiger partial charge < -0.3 is 10.6 Å². The number of aromatic nitrogens is 2. The van der Waals surface area contributed by atoms with E-state index in [1.165, 1.54) is 9.47 Å². The van der Waals surface area contributed by atoms with Crippen LogP contribution < -0.4 is 21.9 Å². The number of anilines is 2. The zero-order chi connectivity index (χ0) is 18.4. The number of carbonyl (C=O) groups excluding carboxylic acids is 1. The standard InChI is InChI=1S/C18H24N4O3/c1-3-5-11-21-16(19)15(17(24)20-18(21)25)22(14(23)4-2)12-13-9-7-6-8-10-13/h6-10H,3-5,11-12,19H2,1-2H3,(H,20,24,25). The van der Waals surface area contributed by atoms with Crippen molar-refractivity contribution in [3.05, 3.63) is 56.7 Å². The first kappa shape index (κ1) is 18.5. The Morgan fingerprint density at radius 3 is 2.48 bits per heavy atom. The molecule has 0 spiro atoms. The molecular formula is C18H24N4O3. The molecule has 134 valence electrons. The third-order valence-electron chi connectivity index (χ3n) is 4.01. The molecule has 0 unspecified atom stereocenters. The van der Waals surface area contributed by atoms with Crippen molar-refractivity contribution in [3.63, 3.8) is 0 Å². The molecule has 1 amide bonds. The maximum Gasteiger partial charge on any atom is 0.330 e. The lowest BCUT2D eigenvalue weighted by atomic mass is 10.2. The van der Waals surface area contributed by atoms with Crippen LogP contribution in [0.25, 0.3) is 0 Å². The summed E-state index contributed by atoms with van der Waals surface area (Å²) in [4.78, 5) is 40.6. The Labute approximate surface area is 146 Å². The number of nitrogen functional groups attached to an aromatic ring is 1. The quantitative estimate of drug-likeness (QED) is 0.800. The fourth-order valence-electron chi connectivity index (χ4n) is 2.63. The number of rotatable bonds is 7. The van der Waals surface area contributed by atoms with Crippen molar-refractivity contribution in [3.8, 4) is 0 Å². The van der Waals surface area contributed by atoms with Crippen LogP contribution in [0.15, 0.2) is 39.9 Å². The molecule has 0 radical (unpaired) electrons. The van der Waals surface area contributed by atoms with Crippen LogP contribution >= 0.6 is 0 Å². The molecule has 2 aromatic rings. The number of benzene rings is 1. The summed E-state index contributed by atoms with van der Waals surface area (Å²) in [6.45, 7) is 4.32. The summed E-state index contributed by atoms with van der Waals surface area (Å²) in [5, 5.41) is 0. The van der Waals surface area contributed by atoms with E-state index in [1.807, 2.05) is 37.3 Å². The van der Waals surface area contributed by atoms with Crippen molar-refractivity contribution in [1.29, 1.82) is 0 Å². The summed E-state index contributed by atoms with van der Waals surface area (Å²) in [6, 6.07) is 9.34. The minimum atomic E-state index is -0.645. The average Bonchev–Trinajstić information content (AvgIpc) is 2.60. The van der Waals surface area contributed by atoms with E-state index in [0.29, 0.717) is 6.54 Å². The number of aromatic amines is 1. The van der Waals surface area contributed by atoms with Crippen LogP contribution in [-0.2, 0) is 17.9 Å². The van der Waals surface area contributed by atoms with E-state index in [2.05, 4.69) is 4.98 Å². The molecule has 0 aliphatic heterocycles. The largest absolute Gasteiger partial charge is 0.383 e. The number of nitrogens with one attached hydrogen (secondary N) is 1. The molecular weight excluding hydrogens is 320 g/mol. The molecule has 1 aromatic carbocycles. The highest BCUT2D eigenvalue weighted by atomic mass is 16.2. The number of hydrogen-bond donors (Lipinski definition) is 2. The van der Waals surface area contributed by atoms with Crippen molar-refractivity contribution in [2.75, 3.05) is 10.6 Å². The van der Waals surface area contributed by atoms with E-state index >= 15 is 0 Å². The SMILES string of the molecule is CCCCn1c(N)c(N(Cc2ccccc2)C(=O)CC)c(=O)[nH]c1=O. The third-order valence-corrected chi connectivity index (χ3v) is 4.01. The summed E-state index contributed by atoms with van der Waals surface area (Å²) >= 11 is 0. The van der Waals surface area contributed by atoms with Crippen LogP contribution in [0, 0.1) is 0 Å². The van der Waals surface area contributed by atoms with E-state index in [-0.39, 0.29) is 30.4 Å². The predicted molar refractivity (Wildman–Crippen MR) is 98.6 cm³/mol. The highest BCUT2D eigenvalue weighted by Crippen LogP contribution is 2.20. The summed E-state index contributed by atoms with van der Waals surface area (Å²) < 4.78 is 1.32. The second-order valence-electron chi connectivity index (χ2n) is 5.82. The summed E-state index contributed by atoms with van der Waals surface area (Å²) in [7, 11) is 0. The molecule has 2 rings (SSSR count). The predicted octanol–water partition coefficient (Wildman–Crippen LogP) is 1.86. The maximum absolute atomic E-state index is 12.5. The van der Waals surface area contributed by atoms with Gasteiger partial charge in [-0.1, -0.05) is 50.6 Å². The van der Waals surface area contributed by atoms with Gasteiger partial charge in [-0.15, -0.1) is 0 Å². The smallest absolute Gasteiger partial charge is 0.330 e. The number of hydrogen-bond acceptors (Lipinski definition) is 4. The van der Waals surface area contributed by atoms with Crippen LogP contribution in [0.3, 0.4) is 0 Å². The molecule has 0 bridgehead atoms. The molecule has 0 fully saturated rings. The first-order chi connectivity index (χ1) is 12.0. The second kappa shape index (κ2) is 8.32. The van der Waals surface area contributed by atoms with Gasteiger partial charge in [0.25, 0.3) is 5.56 Å². The first-order valence-corrected chi connectivity index (χ1v) is 8.46. The Bertz CT molecular complexity index is 840. The van der Waals surface area contributed by atoms with Gasteiger partial charge in [0, 0.05) is 13.0 Å². The van der Waals surface area contributed by atoms with E-state index < -0.39 is 11.2 Å². The summed E-state index contributed by atoms with van der Waals surface area (Å²) in [6.07, 6.45) is 1.84. The van der Waals surface area contributed by atoms with Gasteiger partial charge in [-0.2, -0.15) is 0 Å². The Morgan fingerprint density at radius 1 is 1.20 bits per heavy atom. The van der Waals surface area contributed by atoms with Crippen LogP contribution in [0.2, 0.25) is 0 Å². The van der Waals surface area contributed by atoms with Crippen molar-refractivity contribution in [2.24, 2.45) is 0 Å². The normalized spacial score (nSPS) is 10.6. The molecule has 0 aliphatic carbocycles. The Morgan fingerprint density at radius 2 is 1.88 bits per heavy atom. The molecule has 0 saturated heterocycles. The van der Waals surface area contributed by atoms with Crippen molar-refractivity contribution in [2.45, 2.75) is 46.2 Å². The molecule has 1 aromatic heterocycles. The molecule has 0 saturated carbocycles. The van der Waals surface area contributed by atoms with Gasteiger partial charge in [0.1, 0.15) is 5.82 Å². The number of H-pyrrole nitrogens is 1. The van der Waals surface area contributed by atoms with E-state index in [1.54, 1.807) is 6.92 Å². The Kier molecular flexibility index (Phi) is 6.16. The lowest BCUT2D eigenvalue weighted by molar-refractivity contribution is -0.118. The average molecular weight is 344 g/mol. The number of nitrogens with zero attached hydrogens (tertiary/aromatic N) is 2. The highest BCUT2D eigenvalue weighted by Gasteiger charge is 2.23. The minimum Gasteiger partial charge on any atom is -0.383 e. The van der Waals surface area contributed by atoms with Crippen LogP contribution in [0.4, 0.5) is 11.5 Å².